The van der Waals surface area contributed by atoms with Gasteiger partial charge in [-0.25, -0.2) is 9.97 Å². The number of nitrogens with zero attached hydrogens (tertiary/aromatic N) is 3. The normalized spacial score (nSPS) is 15.0. The summed E-state index contributed by atoms with van der Waals surface area (Å²) in [4.78, 5) is 15.5. The van der Waals surface area contributed by atoms with Crippen molar-refractivity contribution in [3.63, 3.8) is 0 Å². The van der Waals surface area contributed by atoms with E-state index in [1.165, 1.54) is 47.1 Å². The molecule has 1 aliphatic carbocycles. The Hall–Kier alpha value is -5.10. The van der Waals surface area contributed by atoms with Gasteiger partial charge in [-0.3, -0.25) is 4.57 Å². The molecular weight excluding hydrogens is 635 g/mol. The van der Waals surface area contributed by atoms with Crippen LogP contribution in [0.4, 0.5) is 0 Å². The number of hydrogen-bond acceptors (Lipinski definition) is 4. The van der Waals surface area contributed by atoms with Crippen molar-refractivity contribution in [3.05, 3.63) is 164 Å². The van der Waals surface area contributed by atoms with Crippen molar-refractivity contribution in [2.24, 2.45) is 0 Å². The standard InChI is InChI=1S/C44H35N3S2/c1-7-16-27(17-8-2)33-26-38(46-43(45-33)28-18-12-11-13-19-28)47-34-24-22-30-29(9-3)32(10-4)44(5,6)40(30)39(34)31-23-25-37-42(41(31)47)49-36-21-15-14-20-35(36)48-37/h7-26H,1,3-4H2,2,5-6H3/b17-8-,27-16+. The van der Waals surface area contributed by atoms with E-state index in [1.54, 1.807) is 0 Å². The van der Waals surface area contributed by atoms with E-state index < -0.39 is 0 Å². The molecule has 0 bridgehead atoms. The third-order valence-electron chi connectivity index (χ3n) is 9.49. The maximum atomic E-state index is 5.35. The Balaban J connectivity index is 1.53. The van der Waals surface area contributed by atoms with Gasteiger partial charge in [-0.15, -0.1) is 0 Å². The number of allylic oxidation sites excluding steroid dienone is 9. The van der Waals surface area contributed by atoms with Crippen LogP contribution >= 0.6 is 23.5 Å². The van der Waals surface area contributed by atoms with Gasteiger partial charge in [0, 0.05) is 42.5 Å². The van der Waals surface area contributed by atoms with Gasteiger partial charge in [-0.05, 0) is 59.0 Å². The first-order valence-electron chi connectivity index (χ1n) is 16.4. The summed E-state index contributed by atoms with van der Waals surface area (Å²) in [5.41, 5.74) is 9.61. The highest BCUT2D eigenvalue weighted by molar-refractivity contribution is 8.05. The van der Waals surface area contributed by atoms with Gasteiger partial charge in [-0.2, -0.15) is 0 Å². The molecule has 5 heteroatoms. The molecule has 49 heavy (non-hydrogen) atoms. The Labute approximate surface area is 296 Å². The van der Waals surface area contributed by atoms with Gasteiger partial charge >= 0.3 is 0 Å². The highest BCUT2D eigenvalue weighted by Gasteiger charge is 2.39. The molecule has 238 valence electrons. The summed E-state index contributed by atoms with van der Waals surface area (Å²) in [5.74, 6) is 1.49. The van der Waals surface area contributed by atoms with Gasteiger partial charge in [0.2, 0.25) is 0 Å². The zero-order chi connectivity index (χ0) is 33.9. The van der Waals surface area contributed by atoms with Gasteiger partial charge in [-0.1, -0.05) is 148 Å². The van der Waals surface area contributed by atoms with Crippen LogP contribution in [0.15, 0.2) is 166 Å². The molecule has 3 heterocycles. The number of aromatic nitrogens is 3. The predicted molar refractivity (Wildman–Crippen MR) is 210 cm³/mol. The second kappa shape index (κ2) is 12.1. The average molecular weight is 670 g/mol. The molecule has 0 atom stereocenters. The van der Waals surface area contributed by atoms with E-state index in [0.717, 1.165) is 39.3 Å². The summed E-state index contributed by atoms with van der Waals surface area (Å²) in [6, 6.07) is 30.2. The molecule has 0 saturated heterocycles. The van der Waals surface area contributed by atoms with E-state index in [9.17, 15) is 0 Å². The van der Waals surface area contributed by atoms with Gasteiger partial charge in [0.05, 0.1) is 21.6 Å². The molecule has 8 rings (SSSR count). The number of rotatable bonds is 7. The molecule has 3 nitrogen and oxygen atoms in total. The molecule has 2 aromatic heterocycles. The average Bonchev–Trinajstić information content (AvgIpc) is 3.58. The van der Waals surface area contributed by atoms with Crippen LogP contribution in [0.2, 0.25) is 0 Å². The van der Waals surface area contributed by atoms with Crippen molar-refractivity contribution in [3.8, 4) is 17.2 Å². The lowest BCUT2D eigenvalue weighted by Gasteiger charge is -2.24. The van der Waals surface area contributed by atoms with Gasteiger partial charge in [0.15, 0.2) is 5.82 Å². The lowest BCUT2D eigenvalue weighted by atomic mass is 9.79. The van der Waals surface area contributed by atoms with Crippen LogP contribution in [0.1, 0.15) is 37.6 Å². The van der Waals surface area contributed by atoms with Crippen molar-refractivity contribution in [1.82, 2.24) is 14.5 Å². The summed E-state index contributed by atoms with van der Waals surface area (Å²) in [7, 11) is 0. The third-order valence-corrected chi connectivity index (χ3v) is 12.1. The first-order valence-corrected chi connectivity index (χ1v) is 18.0. The summed E-state index contributed by atoms with van der Waals surface area (Å²) >= 11 is 3.68. The maximum absolute atomic E-state index is 5.35. The van der Waals surface area contributed by atoms with E-state index >= 15 is 0 Å². The Kier molecular flexibility index (Phi) is 7.70. The molecule has 0 spiro atoms. The summed E-state index contributed by atoms with van der Waals surface area (Å²) < 4.78 is 2.37. The fourth-order valence-corrected chi connectivity index (χ4v) is 9.81. The van der Waals surface area contributed by atoms with E-state index in [2.05, 4.69) is 111 Å². The maximum Gasteiger partial charge on any atom is 0.162 e. The minimum absolute atomic E-state index is 0.276. The van der Waals surface area contributed by atoms with Crippen molar-refractivity contribution in [2.45, 2.75) is 45.8 Å². The second-order valence-corrected chi connectivity index (χ2v) is 14.8. The smallest absolute Gasteiger partial charge is 0.162 e. The van der Waals surface area contributed by atoms with Gasteiger partial charge in [0.25, 0.3) is 0 Å². The highest BCUT2D eigenvalue weighted by atomic mass is 32.2. The highest BCUT2D eigenvalue weighted by Crippen LogP contribution is 2.56. The Morgan fingerprint density at radius 3 is 2.29 bits per heavy atom. The van der Waals surface area contributed by atoms with Crippen LogP contribution in [0.25, 0.3) is 50.2 Å². The van der Waals surface area contributed by atoms with Crippen LogP contribution in [0.5, 0.6) is 0 Å². The Bertz CT molecular complexity index is 2470. The van der Waals surface area contributed by atoms with E-state index in [4.69, 9.17) is 9.97 Å². The minimum Gasteiger partial charge on any atom is -0.292 e. The van der Waals surface area contributed by atoms with Gasteiger partial charge < -0.3 is 0 Å². The minimum atomic E-state index is -0.276. The fourth-order valence-electron chi connectivity index (χ4n) is 7.43. The Morgan fingerprint density at radius 2 is 1.57 bits per heavy atom. The molecule has 4 aromatic carbocycles. The molecule has 2 aliphatic rings. The summed E-state index contributed by atoms with van der Waals surface area (Å²) in [6.07, 6.45) is 11.9. The second-order valence-electron chi connectivity index (χ2n) is 12.7. The van der Waals surface area contributed by atoms with Crippen molar-refractivity contribution >= 4 is 56.5 Å². The van der Waals surface area contributed by atoms with Crippen LogP contribution in [-0.4, -0.2) is 14.5 Å². The van der Waals surface area contributed by atoms with E-state index in [0.29, 0.717) is 5.82 Å². The first kappa shape index (κ1) is 31.2. The molecule has 0 fully saturated rings. The quantitative estimate of drug-likeness (QED) is 0.158. The van der Waals surface area contributed by atoms with Crippen LogP contribution in [0.3, 0.4) is 0 Å². The number of fused-ring (bicyclic) bond motifs is 8. The molecular formula is C44H35N3S2. The Morgan fingerprint density at radius 1 is 0.816 bits per heavy atom. The van der Waals surface area contributed by atoms with Crippen molar-refractivity contribution < 1.29 is 0 Å². The van der Waals surface area contributed by atoms with E-state index in [1.807, 2.05) is 79.0 Å². The van der Waals surface area contributed by atoms with Crippen LogP contribution in [0, 0.1) is 0 Å². The predicted octanol–water partition coefficient (Wildman–Crippen LogP) is 12.4. The monoisotopic (exact) mass is 669 g/mol. The fraction of sp³-hybridized carbons (Fsp3) is 0.0909. The zero-order valence-corrected chi connectivity index (χ0v) is 29.5. The SMILES string of the molecule is C=C/C=C(\C=C/C)c1cc(-n2c3ccc4c(c3c3ccc5c(c32)Sc2ccccc2S5)C(C)(C)C(C=C)=C4C=C)nc(-c2ccccc2)n1. The molecule has 6 aromatic rings. The lowest BCUT2D eigenvalue weighted by Crippen LogP contribution is -2.16. The zero-order valence-electron chi connectivity index (χ0n) is 27.8. The molecule has 0 amide bonds. The number of benzene rings is 4. The molecule has 0 saturated carbocycles. The molecule has 0 N–H and O–H groups in total. The summed E-state index contributed by atoms with van der Waals surface area (Å²) in [6.45, 7) is 19.1. The third kappa shape index (κ3) is 4.83. The van der Waals surface area contributed by atoms with Crippen molar-refractivity contribution in [2.75, 3.05) is 0 Å². The van der Waals surface area contributed by atoms with Crippen LogP contribution < -0.4 is 0 Å². The van der Waals surface area contributed by atoms with E-state index in [-0.39, 0.29) is 5.41 Å². The van der Waals surface area contributed by atoms with Gasteiger partial charge in [0.1, 0.15) is 5.82 Å². The lowest BCUT2D eigenvalue weighted by molar-refractivity contribution is 0.661. The topological polar surface area (TPSA) is 30.7 Å². The first-order chi connectivity index (χ1) is 23.9. The van der Waals surface area contributed by atoms with Crippen molar-refractivity contribution in [1.29, 1.82) is 0 Å². The number of hydrogen-bond donors (Lipinski definition) is 0. The molecule has 0 unspecified atom stereocenters. The summed E-state index contributed by atoms with van der Waals surface area (Å²) in [5, 5.41) is 2.44. The van der Waals surface area contributed by atoms with Crippen LogP contribution in [-0.2, 0) is 5.41 Å². The molecule has 1 aliphatic heterocycles. The largest absolute Gasteiger partial charge is 0.292 e. The molecule has 0 radical (unpaired) electrons.